The molecule has 3 rings (SSSR count). The van der Waals surface area contributed by atoms with Crippen LogP contribution < -0.4 is 9.47 Å². The van der Waals surface area contributed by atoms with Crippen LogP contribution in [0.4, 0.5) is 5.69 Å². The van der Waals surface area contributed by atoms with Crippen LogP contribution in [0.2, 0.25) is 0 Å². The van der Waals surface area contributed by atoms with Crippen molar-refractivity contribution in [1.29, 1.82) is 0 Å². The van der Waals surface area contributed by atoms with E-state index in [-0.39, 0.29) is 23.0 Å². The number of hydrogen-bond donors (Lipinski definition) is 0. The third-order valence-electron chi connectivity index (χ3n) is 3.74. The summed E-state index contributed by atoms with van der Waals surface area (Å²) in [5.74, 6) is 0.211. The van der Waals surface area contributed by atoms with Crippen molar-refractivity contribution in [2.24, 2.45) is 4.99 Å². The van der Waals surface area contributed by atoms with Crippen LogP contribution in [0.1, 0.15) is 18.1 Å². The number of hydrogen-bond acceptors (Lipinski definition) is 7. The Balaban J connectivity index is 1.90. The molecule has 0 aromatic heterocycles. The van der Waals surface area contributed by atoms with Gasteiger partial charge >= 0.3 is 11.7 Å². The number of methoxy groups -OCH3 is 1. The van der Waals surface area contributed by atoms with Crippen LogP contribution in [0.5, 0.6) is 11.5 Å². The number of benzene rings is 2. The Kier molecular flexibility index (Phi) is 5.16. The number of carbonyl (C=O) groups is 1. The molecular weight excluding hydrogens is 352 g/mol. The zero-order chi connectivity index (χ0) is 19.4. The van der Waals surface area contributed by atoms with Crippen LogP contribution in [-0.2, 0) is 9.53 Å². The molecule has 0 bridgehead atoms. The van der Waals surface area contributed by atoms with Crippen LogP contribution in [0.25, 0.3) is 6.08 Å². The average molecular weight is 368 g/mol. The second-order valence-electron chi connectivity index (χ2n) is 5.48. The topological polar surface area (TPSA) is 100 Å². The Labute approximate surface area is 154 Å². The highest BCUT2D eigenvalue weighted by molar-refractivity contribution is 6.13. The summed E-state index contributed by atoms with van der Waals surface area (Å²) in [5.41, 5.74) is 0.924. The Morgan fingerprint density at radius 2 is 1.96 bits per heavy atom. The first-order valence-corrected chi connectivity index (χ1v) is 8.10. The highest BCUT2D eigenvalue weighted by atomic mass is 16.6. The summed E-state index contributed by atoms with van der Waals surface area (Å²) >= 11 is 0. The van der Waals surface area contributed by atoms with Gasteiger partial charge in [0.05, 0.1) is 18.6 Å². The van der Waals surface area contributed by atoms with Gasteiger partial charge in [0.2, 0.25) is 5.90 Å². The first-order chi connectivity index (χ1) is 13.0. The van der Waals surface area contributed by atoms with E-state index in [1.807, 2.05) is 6.92 Å². The third-order valence-corrected chi connectivity index (χ3v) is 3.74. The molecule has 8 heteroatoms. The molecule has 1 aliphatic rings. The monoisotopic (exact) mass is 368 g/mol. The van der Waals surface area contributed by atoms with E-state index in [9.17, 15) is 14.9 Å². The highest BCUT2D eigenvalue weighted by Gasteiger charge is 2.26. The van der Waals surface area contributed by atoms with E-state index in [2.05, 4.69) is 4.99 Å². The van der Waals surface area contributed by atoms with E-state index in [0.29, 0.717) is 12.2 Å². The molecule has 8 nitrogen and oxygen atoms in total. The first-order valence-electron chi connectivity index (χ1n) is 8.10. The fourth-order valence-corrected chi connectivity index (χ4v) is 2.48. The van der Waals surface area contributed by atoms with Gasteiger partial charge in [-0.05, 0) is 42.8 Å². The van der Waals surface area contributed by atoms with Gasteiger partial charge in [0.15, 0.2) is 11.4 Å². The number of carbonyl (C=O) groups excluding carboxylic acids is 1. The molecule has 0 saturated carbocycles. The van der Waals surface area contributed by atoms with Crippen LogP contribution in [0, 0.1) is 10.1 Å². The van der Waals surface area contributed by atoms with E-state index >= 15 is 0 Å². The third kappa shape index (κ3) is 3.95. The lowest BCUT2D eigenvalue weighted by Crippen LogP contribution is -2.06. The normalized spacial score (nSPS) is 14.7. The van der Waals surface area contributed by atoms with Crippen molar-refractivity contribution in [3.05, 3.63) is 69.4 Å². The molecule has 0 spiro atoms. The summed E-state index contributed by atoms with van der Waals surface area (Å²) < 4.78 is 15.5. The summed E-state index contributed by atoms with van der Waals surface area (Å²) in [6, 6.07) is 11.4. The van der Waals surface area contributed by atoms with Gasteiger partial charge in [-0.1, -0.05) is 12.1 Å². The lowest BCUT2D eigenvalue weighted by Gasteiger charge is -2.03. The van der Waals surface area contributed by atoms with Gasteiger partial charge < -0.3 is 14.2 Å². The van der Waals surface area contributed by atoms with Gasteiger partial charge in [0.1, 0.15) is 5.75 Å². The van der Waals surface area contributed by atoms with Crippen molar-refractivity contribution in [2.75, 3.05) is 13.7 Å². The molecule has 2 aromatic carbocycles. The molecule has 1 aliphatic heterocycles. The van der Waals surface area contributed by atoms with Crippen molar-refractivity contribution in [1.82, 2.24) is 0 Å². The number of nitro groups is 1. The zero-order valence-electron chi connectivity index (χ0n) is 14.7. The Bertz CT molecular complexity index is 947. The molecule has 1 heterocycles. The molecule has 138 valence electrons. The summed E-state index contributed by atoms with van der Waals surface area (Å²) in [6.07, 6.45) is 1.57. The summed E-state index contributed by atoms with van der Waals surface area (Å²) in [5, 5.41) is 11.1. The smallest absolute Gasteiger partial charge is 0.363 e. The number of nitro benzene ring substituents is 1. The largest absolute Gasteiger partial charge is 0.494 e. The van der Waals surface area contributed by atoms with Crippen LogP contribution in [0.3, 0.4) is 0 Å². The summed E-state index contributed by atoms with van der Waals surface area (Å²) in [6.45, 7) is 2.46. The number of nitrogens with zero attached hydrogens (tertiary/aromatic N) is 2. The standard InChI is InChI=1S/C19H16N2O6/c1-3-26-14-7-4-12(5-8-14)10-15-19(22)27-18(20-15)13-6-9-17(25-2)16(11-13)21(23)24/h4-11H,3H2,1-2H3. The first kappa shape index (κ1) is 18.1. The summed E-state index contributed by atoms with van der Waals surface area (Å²) in [7, 11) is 1.34. The van der Waals surface area contributed by atoms with Crippen molar-refractivity contribution in [2.45, 2.75) is 6.92 Å². The van der Waals surface area contributed by atoms with E-state index in [4.69, 9.17) is 14.2 Å². The molecule has 0 atom stereocenters. The second kappa shape index (κ2) is 7.69. The molecule has 0 N–H and O–H groups in total. The number of cyclic esters (lactones) is 1. The Hall–Kier alpha value is -3.68. The van der Waals surface area contributed by atoms with Gasteiger partial charge in [-0.15, -0.1) is 0 Å². The number of aliphatic imine (C=N–C) groups is 1. The molecule has 2 aromatic rings. The molecule has 0 aliphatic carbocycles. The lowest BCUT2D eigenvalue weighted by molar-refractivity contribution is -0.385. The average Bonchev–Trinajstić information content (AvgIpc) is 3.03. The van der Waals surface area contributed by atoms with Gasteiger partial charge in [-0.3, -0.25) is 10.1 Å². The Morgan fingerprint density at radius 3 is 2.59 bits per heavy atom. The van der Waals surface area contributed by atoms with Crippen molar-refractivity contribution in [3.8, 4) is 11.5 Å². The van der Waals surface area contributed by atoms with Crippen LogP contribution >= 0.6 is 0 Å². The van der Waals surface area contributed by atoms with E-state index in [1.54, 1.807) is 30.3 Å². The Morgan fingerprint density at radius 1 is 1.22 bits per heavy atom. The number of rotatable bonds is 6. The fraction of sp³-hybridized carbons (Fsp3) is 0.158. The maximum absolute atomic E-state index is 12.1. The van der Waals surface area contributed by atoms with Crippen LogP contribution in [-0.4, -0.2) is 30.5 Å². The maximum atomic E-state index is 12.1. The predicted molar refractivity (Wildman–Crippen MR) is 97.9 cm³/mol. The van der Waals surface area contributed by atoms with E-state index in [0.717, 1.165) is 11.3 Å². The van der Waals surface area contributed by atoms with Gasteiger partial charge in [0.25, 0.3) is 0 Å². The van der Waals surface area contributed by atoms with Crippen molar-refractivity contribution >= 4 is 23.6 Å². The van der Waals surface area contributed by atoms with E-state index < -0.39 is 10.9 Å². The fourth-order valence-electron chi connectivity index (χ4n) is 2.48. The van der Waals surface area contributed by atoms with Crippen LogP contribution in [0.15, 0.2) is 53.2 Å². The molecule has 0 radical (unpaired) electrons. The molecule has 0 saturated heterocycles. The number of esters is 1. The minimum atomic E-state index is -0.627. The molecule has 27 heavy (non-hydrogen) atoms. The lowest BCUT2D eigenvalue weighted by atomic mass is 10.2. The molecule has 0 amide bonds. The van der Waals surface area contributed by atoms with Gasteiger partial charge in [-0.2, -0.15) is 0 Å². The van der Waals surface area contributed by atoms with Gasteiger partial charge in [0, 0.05) is 11.6 Å². The van der Waals surface area contributed by atoms with Gasteiger partial charge in [-0.25, -0.2) is 9.79 Å². The quantitative estimate of drug-likeness (QED) is 0.335. The molecule has 0 unspecified atom stereocenters. The van der Waals surface area contributed by atoms with Crippen molar-refractivity contribution in [3.63, 3.8) is 0 Å². The SMILES string of the molecule is CCOc1ccc(C=C2N=C(c3ccc(OC)c([N+](=O)[O-])c3)OC2=O)cc1. The van der Waals surface area contributed by atoms with Crippen molar-refractivity contribution < 1.29 is 23.9 Å². The predicted octanol–water partition coefficient (Wildman–Crippen LogP) is 3.35. The maximum Gasteiger partial charge on any atom is 0.363 e. The highest BCUT2D eigenvalue weighted by Crippen LogP contribution is 2.29. The minimum Gasteiger partial charge on any atom is -0.494 e. The van der Waals surface area contributed by atoms with E-state index in [1.165, 1.54) is 25.3 Å². The zero-order valence-corrected chi connectivity index (χ0v) is 14.7. The number of ether oxygens (including phenoxy) is 3. The minimum absolute atomic E-state index is 0.00272. The molecular formula is C19H16N2O6. The molecule has 0 fully saturated rings. The second-order valence-corrected chi connectivity index (χ2v) is 5.48. The summed E-state index contributed by atoms with van der Waals surface area (Å²) in [4.78, 5) is 26.8.